The second-order valence-corrected chi connectivity index (χ2v) is 4.42. The minimum Gasteiger partial charge on any atom is -0.305 e. The van der Waals surface area contributed by atoms with Crippen LogP contribution in [0.3, 0.4) is 0 Å². The molecule has 0 aromatic carbocycles. The van der Waals surface area contributed by atoms with E-state index in [1.807, 2.05) is 19.3 Å². The SMILES string of the molecule is CCn1nc(CNCc2ccn(C)n2)cc1C(F)(F)F. The lowest BCUT2D eigenvalue weighted by atomic mass is 10.3. The molecular weight excluding hydrogens is 271 g/mol. The highest BCUT2D eigenvalue weighted by atomic mass is 19.4. The van der Waals surface area contributed by atoms with Gasteiger partial charge in [-0.25, -0.2) is 0 Å². The van der Waals surface area contributed by atoms with Crippen molar-refractivity contribution < 1.29 is 13.2 Å². The molecule has 0 radical (unpaired) electrons. The van der Waals surface area contributed by atoms with Crippen molar-refractivity contribution in [2.75, 3.05) is 0 Å². The van der Waals surface area contributed by atoms with Gasteiger partial charge in [-0.1, -0.05) is 0 Å². The molecule has 2 aromatic rings. The lowest BCUT2D eigenvalue weighted by Crippen LogP contribution is -2.14. The van der Waals surface area contributed by atoms with E-state index in [0.29, 0.717) is 12.2 Å². The van der Waals surface area contributed by atoms with Crippen LogP contribution in [0.2, 0.25) is 0 Å². The fourth-order valence-electron chi connectivity index (χ4n) is 1.90. The summed E-state index contributed by atoms with van der Waals surface area (Å²) in [6.45, 7) is 2.58. The third kappa shape index (κ3) is 3.38. The van der Waals surface area contributed by atoms with Gasteiger partial charge in [-0.05, 0) is 19.1 Å². The molecule has 8 heteroatoms. The average Bonchev–Trinajstić information content (AvgIpc) is 2.95. The molecule has 0 spiro atoms. The summed E-state index contributed by atoms with van der Waals surface area (Å²) >= 11 is 0. The number of nitrogens with zero attached hydrogens (tertiary/aromatic N) is 4. The Bertz CT molecular complexity index is 570. The first kappa shape index (κ1) is 14.6. The number of hydrogen-bond acceptors (Lipinski definition) is 3. The largest absolute Gasteiger partial charge is 0.433 e. The molecule has 0 bridgehead atoms. The Morgan fingerprint density at radius 3 is 2.40 bits per heavy atom. The van der Waals surface area contributed by atoms with Crippen molar-refractivity contribution in [2.24, 2.45) is 7.05 Å². The zero-order chi connectivity index (χ0) is 14.8. The monoisotopic (exact) mass is 287 g/mol. The van der Waals surface area contributed by atoms with Crippen molar-refractivity contribution in [3.63, 3.8) is 0 Å². The minimum atomic E-state index is -4.37. The Hall–Kier alpha value is -1.83. The molecule has 2 aromatic heterocycles. The molecule has 1 N–H and O–H groups in total. The molecule has 20 heavy (non-hydrogen) atoms. The molecule has 0 aliphatic carbocycles. The number of hydrogen-bond donors (Lipinski definition) is 1. The van der Waals surface area contributed by atoms with Gasteiger partial charge < -0.3 is 5.32 Å². The molecule has 0 amide bonds. The molecule has 0 saturated heterocycles. The van der Waals surface area contributed by atoms with E-state index in [1.54, 1.807) is 11.6 Å². The fourth-order valence-corrected chi connectivity index (χ4v) is 1.90. The molecule has 2 heterocycles. The predicted octanol–water partition coefficient (Wildman–Crippen LogP) is 1.95. The van der Waals surface area contributed by atoms with Crippen molar-refractivity contribution in [3.05, 3.63) is 35.4 Å². The van der Waals surface area contributed by atoms with Crippen molar-refractivity contribution in [3.8, 4) is 0 Å². The van der Waals surface area contributed by atoms with Gasteiger partial charge in [-0.15, -0.1) is 0 Å². The number of alkyl halides is 3. The molecule has 0 saturated carbocycles. The Morgan fingerprint density at radius 2 is 1.90 bits per heavy atom. The Labute approximate surface area is 114 Å². The minimum absolute atomic E-state index is 0.190. The van der Waals surface area contributed by atoms with Crippen LogP contribution in [-0.4, -0.2) is 19.6 Å². The zero-order valence-electron chi connectivity index (χ0n) is 11.3. The molecule has 0 atom stereocenters. The van der Waals surface area contributed by atoms with Crippen LogP contribution in [-0.2, 0) is 32.9 Å². The zero-order valence-corrected chi connectivity index (χ0v) is 11.3. The molecule has 0 unspecified atom stereocenters. The van der Waals surface area contributed by atoms with Gasteiger partial charge in [-0.3, -0.25) is 9.36 Å². The van der Waals surface area contributed by atoms with E-state index in [9.17, 15) is 13.2 Å². The van der Waals surface area contributed by atoms with E-state index >= 15 is 0 Å². The van der Waals surface area contributed by atoms with Gasteiger partial charge in [0, 0.05) is 32.9 Å². The second-order valence-electron chi connectivity index (χ2n) is 4.42. The first-order chi connectivity index (χ1) is 9.40. The van der Waals surface area contributed by atoms with Crippen molar-refractivity contribution in [1.29, 1.82) is 0 Å². The van der Waals surface area contributed by atoms with Crippen molar-refractivity contribution in [2.45, 2.75) is 32.7 Å². The highest BCUT2D eigenvalue weighted by Crippen LogP contribution is 2.29. The van der Waals surface area contributed by atoms with Gasteiger partial charge in [0.25, 0.3) is 0 Å². The van der Waals surface area contributed by atoms with E-state index in [2.05, 4.69) is 15.5 Å². The highest BCUT2D eigenvalue weighted by Gasteiger charge is 2.35. The van der Waals surface area contributed by atoms with Crippen molar-refractivity contribution in [1.82, 2.24) is 24.9 Å². The number of rotatable bonds is 5. The standard InChI is InChI=1S/C12H16F3N5/c1-3-20-11(12(13,14)15)6-10(18-20)8-16-7-9-4-5-19(2)17-9/h4-6,16H,3,7-8H2,1-2H3. The van der Waals surface area contributed by atoms with Crippen LogP contribution in [0.15, 0.2) is 18.3 Å². The summed E-state index contributed by atoms with van der Waals surface area (Å²) < 4.78 is 40.9. The van der Waals surface area contributed by atoms with E-state index < -0.39 is 11.9 Å². The van der Waals surface area contributed by atoms with Crippen LogP contribution in [0.4, 0.5) is 13.2 Å². The van der Waals surface area contributed by atoms with E-state index in [0.717, 1.165) is 16.4 Å². The lowest BCUT2D eigenvalue weighted by molar-refractivity contribution is -0.144. The first-order valence-electron chi connectivity index (χ1n) is 6.23. The van der Waals surface area contributed by atoms with E-state index in [4.69, 9.17) is 0 Å². The normalized spacial score (nSPS) is 12.1. The smallest absolute Gasteiger partial charge is 0.305 e. The topological polar surface area (TPSA) is 47.7 Å². The first-order valence-corrected chi connectivity index (χ1v) is 6.23. The summed E-state index contributed by atoms with van der Waals surface area (Å²) in [5.41, 5.74) is 0.489. The van der Waals surface area contributed by atoms with E-state index in [1.165, 1.54) is 0 Å². The third-order valence-corrected chi connectivity index (χ3v) is 2.80. The van der Waals surface area contributed by atoms with E-state index in [-0.39, 0.29) is 13.1 Å². The molecule has 2 rings (SSSR count). The summed E-state index contributed by atoms with van der Waals surface area (Å²) in [5, 5.41) is 11.1. The Balaban J connectivity index is 1.98. The summed E-state index contributed by atoms with van der Waals surface area (Å²) in [7, 11) is 1.81. The van der Waals surface area contributed by atoms with Crippen LogP contribution in [0, 0.1) is 0 Å². The molecule has 0 aliphatic rings. The maximum atomic E-state index is 12.7. The second kappa shape index (κ2) is 5.66. The van der Waals surface area contributed by atoms with Gasteiger partial charge >= 0.3 is 6.18 Å². The maximum absolute atomic E-state index is 12.7. The summed E-state index contributed by atoms with van der Waals surface area (Å²) in [4.78, 5) is 0. The van der Waals surface area contributed by atoms with Gasteiger partial charge in [-0.2, -0.15) is 23.4 Å². The molecule has 110 valence electrons. The van der Waals surface area contributed by atoms with Crippen LogP contribution in [0.25, 0.3) is 0 Å². The number of nitrogens with one attached hydrogen (secondary N) is 1. The fraction of sp³-hybridized carbons (Fsp3) is 0.500. The number of aryl methyl sites for hydroxylation is 2. The highest BCUT2D eigenvalue weighted by molar-refractivity contribution is 5.13. The molecular formula is C12H16F3N5. The van der Waals surface area contributed by atoms with Crippen LogP contribution in [0.1, 0.15) is 24.0 Å². The lowest BCUT2D eigenvalue weighted by Gasteiger charge is -2.07. The Morgan fingerprint density at radius 1 is 1.20 bits per heavy atom. The number of halogens is 3. The van der Waals surface area contributed by atoms with Gasteiger partial charge in [0.2, 0.25) is 0 Å². The average molecular weight is 287 g/mol. The molecule has 0 fully saturated rings. The Kier molecular flexibility index (Phi) is 4.12. The summed E-state index contributed by atoms with van der Waals surface area (Å²) in [5.74, 6) is 0. The van der Waals surface area contributed by atoms with Gasteiger partial charge in [0.15, 0.2) is 0 Å². The van der Waals surface area contributed by atoms with Crippen molar-refractivity contribution >= 4 is 0 Å². The third-order valence-electron chi connectivity index (χ3n) is 2.80. The number of aromatic nitrogens is 4. The van der Waals surface area contributed by atoms with Crippen LogP contribution < -0.4 is 5.32 Å². The van der Waals surface area contributed by atoms with Crippen LogP contribution in [0.5, 0.6) is 0 Å². The predicted molar refractivity (Wildman–Crippen MR) is 66.7 cm³/mol. The van der Waals surface area contributed by atoms with Gasteiger partial charge in [0.05, 0.1) is 11.4 Å². The van der Waals surface area contributed by atoms with Crippen LogP contribution >= 0.6 is 0 Å². The quantitative estimate of drug-likeness (QED) is 0.914. The van der Waals surface area contributed by atoms with Gasteiger partial charge in [0.1, 0.15) is 5.69 Å². The summed E-state index contributed by atoms with van der Waals surface area (Å²) in [6, 6.07) is 2.92. The summed E-state index contributed by atoms with van der Waals surface area (Å²) in [6.07, 6.45) is -2.56. The molecule has 5 nitrogen and oxygen atoms in total. The molecule has 0 aliphatic heterocycles. The maximum Gasteiger partial charge on any atom is 0.433 e.